The first-order valence-electron chi connectivity index (χ1n) is 8.15. The molecule has 2 atom stereocenters. The van der Waals surface area contributed by atoms with Crippen molar-refractivity contribution in [3.05, 3.63) is 58.9 Å². The highest BCUT2D eigenvalue weighted by atomic mass is 35.5. The number of carbonyl (C=O) groups excluding carboxylic acids is 1. The van der Waals surface area contributed by atoms with Crippen molar-refractivity contribution >= 4 is 17.5 Å². The summed E-state index contributed by atoms with van der Waals surface area (Å²) in [5, 5.41) is 3.52. The van der Waals surface area contributed by atoms with E-state index in [4.69, 9.17) is 25.8 Å². The first-order valence-corrected chi connectivity index (χ1v) is 8.52. The van der Waals surface area contributed by atoms with Gasteiger partial charge in [0, 0.05) is 31.6 Å². The van der Waals surface area contributed by atoms with E-state index >= 15 is 0 Å². The minimum Gasteiger partial charge on any atom is -0.481 e. The van der Waals surface area contributed by atoms with Gasteiger partial charge in [0.1, 0.15) is 11.8 Å². The molecule has 0 radical (unpaired) electrons. The average Bonchev–Trinajstić information content (AvgIpc) is 2.64. The molecule has 0 spiro atoms. The Hall–Kier alpha value is -2.15. The van der Waals surface area contributed by atoms with E-state index in [1.54, 1.807) is 43.6 Å². The number of benzene rings is 1. The Balaban J connectivity index is 2.12. The third-order valence-electron chi connectivity index (χ3n) is 3.89. The van der Waals surface area contributed by atoms with E-state index < -0.39 is 18.4 Å². The van der Waals surface area contributed by atoms with E-state index in [1.807, 2.05) is 13.0 Å². The second-order valence-corrected chi connectivity index (χ2v) is 6.22. The van der Waals surface area contributed by atoms with Gasteiger partial charge in [0.05, 0.1) is 0 Å². The minimum absolute atomic E-state index is 0.299. The summed E-state index contributed by atoms with van der Waals surface area (Å²) in [6.07, 6.45) is 1.94. The lowest BCUT2D eigenvalue weighted by molar-refractivity contribution is -0.142. The third kappa shape index (κ3) is 5.17. The van der Waals surface area contributed by atoms with E-state index in [0.29, 0.717) is 10.8 Å². The number of aryl methyl sites for hydroxylation is 1. The van der Waals surface area contributed by atoms with Crippen LogP contribution in [0.2, 0.25) is 5.02 Å². The Morgan fingerprint density at radius 2 is 1.96 bits per heavy atom. The van der Waals surface area contributed by atoms with E-state index in [-0.39, 0.29) is 5.91 Å². The molecule has 26 heavy (non-hydrogen) atoms. The lowest BCUT2D eigenvalue weighted by Crippen LogP contribution is -2.43. The predicted octanol–water partition coefficient (Wildman–Crippen LogP) is 3.29. The first kappa shape index (κ1) is 20.2. The van der Waals surface area contributed by atoms with Crippen LogP contribution in [0, 0.1) is 6.92 Å². The SMILES string of the molecule is COC(OC)[C@H](NC(=O)[C@H](C)Oc1ccc(Cl)cc1C)c1cccnc1. The van der Waals surface area contributed by atoms with Gasteiger partial charge in [-0.25, -0.2) is 0 Å². The standard InChI is InChI=1S/C19H23ClN2O4/c1-12-10-15(20)7-8-16(12)26-13(2)18(23)22-17(19(24-3)25-4)14-6-5-9-21-11-14/h5-11,13,17,19H,1-4H3,(H,22,23)/t13-,17+/m0/s1. The number of carbonyl (C=O) groups is 1. The normalized spacial score (nSPS) is 13.3. The molecular weight excluding hydrogens is 356 g/mol. The van der Waals surface area contributed by atoms with E-state index in [2.05, 4.69) is 10.3 Å². The van der Waals surface area contributed by atoms with Gasteiger partial charge in [0.2, 0.25) is 0 Å². The van der Waals surface area contributed by atoms with Gasteiger partial charge in [-0.3, -0.25) is 9.78 Å². The molecule has 1 aromatic carbocycles. The van der Waals surface area contributed by atoms with Gasteiger partial charge in [0.25, 0.3) is 5.91 Å². The Kier molecular flexibility index (Phi) is 7.38. The maximum atomic E-state index is 12.7. The summed E-state index contributed by atoms with van der Waals surface area (Å²) in [7, 11) is 3.03. The molecule has 0 aliphatic rings. The van der Waals surface area contributed by atoms with Crippen LogP contribution in [-0.2, 0) is 14.3 Å². The monoisotopic (exact) mass is 378 g/mol. The molecule has 1 N–H and O–H groups in total. The van der Waals surface area contributed by atoms with Crippen molar-refractivity contribution in [2.75, 3.05) is 14.2 Å². The molecule has 0 aliphatic carbocycles. The maximum absolute atomic E-state index is 12.7. The number of methoxy groups -OCH3 is 2. The summed E-state index contributed by atoms with van der Waals surface area (Å²) in [5.41, 5.74) is 1.62. The Morgan fingerprint density at radius 3 is 2.54 bits per heavy atom. The number of pyridine rings is 1. The lowest BCUT2D eigenvalue weighted by Gasteiger charge is -2.27. The summed E-state index contributed by atoms with van der Waals surface area (Å²) in [6, 6.07) is 8.35. The van der Waals surface area contributed by atoms with Crippen molar-refractivity contribution in [2.45, 2.75) is 32.3 Å². The van der Waals surface area contributed by atoms with Crippen LogP contribution in [-0.4, -0.2) is 37.5 Å². The number of halogens is 1. The van der Waals surface area contributed by atoms with Crippen LogP contribution in [0.15, 0.2) is 42.7 Å². The molecule has 2 aromatic rings. The number of ether oxygens (including phenoxy) is 3. The Morgan fingerprint density at radius 1 is 1.23 bits per heavy atom. The number of aromatic nitrogens is 1. The van der Waals surface area contributed by atoms with Gasteiger partial charge in [0.15, 0.2) is 12.4 Å². The molecular formula is C19H23ClN2O4. The second-order valence-electron chi connectivity index (χ2n) is 5.78. The average molecular weight is 379 g/mol. The molecule has 0 saturated carbocycles. The number of hydrogen-bond donors (Lipinski definition) is 1. The number of nitrogens with one attached hydrogen (secondary N) is 1. The van der Waals surface area contributed by atoms with E-state index in [1.165, 1.54) is 14.2 Å². The quantitative estimate of drug-likeness (QED) is 0.714. The first-order chi connectivity index (χ1) is 12.5. The van der Waals surface area contributed by atoms with Gasteiger partial charge in [-0.15, -0.1) is 0 Å². The summed E-state index contributed by atoms with van der Waals surface area (Å²) >= 11 is 5.95. The summed E-state index contributed by atoms with van der Waals surface area (Å²) in [4.78, 5) is 16.7. The van der Waals surface area contributed by atoms with Crippen molar-refractivity contribution in [3.63, 3.8) is 0 Å². The summed E-state index contributed by atoms with van der Waals surface area (Å²) in [6.45, 7) is 3.55. The topological polar surface area (TPSA) is 69.7 Å². The zero-order valence-electron chi connectivity index (χ0n) is 15.2. The lowest BCUT2D eigenvalue weighted by atomic mass is 10.1. The van der Waals surface area contributed by atoms with Crippen LogP contribution >= 0.6 is 11.6 Å². The molecule has 0 aliphatic heterocycles. The zero-order chi connectivity index (χ0) is 19.1. The maximum Gasteiger partial charge on any atom is 0.261 e. The highest BCUT2D eigenvalue weighted by Crippen LogP contribution is 2.24. The molecule has 6 nitrogen and oxygen atoms in total. The smallest absolute Gasteiger partial charge is 0.261 e. The second kappa shape index (κ2) is 9.52. The van der Waals surface area contributed by atoms with Crippen LogP contribution in [0.1, 0.15) is 24.1 Å². The molecule has 0 saturated heterocycles. The van der Waals surface area contributed by atoms with Crippen LogP contribution < -0.4 is 10.1 Å². The van der Waals surface area contributed by atoms with Crippen LogP contribution in [0.5, 0.6) is 5.75 Å². The van der Waals surface area contributed by atoms with Gasteiger partial charge in [-0.05, 0) is 49.2 Å². The minimum atomic E-state index is -0.719. The van der Waals surface area contributed by atoms with E-state index in [9.17, 15) is 4.79 Å². The Labute approximate surface area is 158 Å². The molecule has 7 heteroatoms. The molecule has 0 bridgehead atoms. The zero-order valence-corrected chi connectivity index (χ0v) is 16.0. The van der Waals surface area contributed by atoms with Crippen molar-refractivity contribution in [1.29, 1.82) is 0 Å². The van der Waals surface area contributed by atoms with Crippen LogP contribution in [0.25, 0.3) is 0 Å². The van der Waals surface area contributed by atoms with Crippen molar-refractivity contribution < 1.29 is 19.0 Å². The highest BCUT2D eigenvalue weighted by molar-refractivity contribution is 6.30. The highest BCUT2D eigenvalue weighted by Gasteiger charge is 2.27. The van der Waals surface area contributed by atoms with Gasteiger partial charge in [-0.2, -0.15) is 0 Å². The molecule has 2 rings (SSSR count). The van der Waals surface area contributed by atoms with Gasteiger partial charge in [-0.1, -0.05) is 17.7 Å². The number of nitrogens with zero attached hydrogens (tertiary/aromatic N) is 1. The molecule has 0 fully saturated rings. The van der Waals surface area contributed by atoms with Crippen molar-refractivity contribution in [1.82, 2.24) is 10.3 Å². The Bertz CT molecular complexity index is 723. The fraction of sp³-hybridized carbons (Fsp3) is 0.368. The molecule has 1 aromatic heterocycles. The fourth-order valence-electron chi connectivity index (χ4n) is 2.50. The fourth-order valence-corrected chi connectivity index (χ4v) is 2.72. The molecule has 0 unspecified atom stereocenters. The number of amides is 1. The van der Waals surface area contributed by atoms with Crippen molar-refractivity contribution in [3.8, 4) is 5.75 Å². The summed E-state index contributed by atoms with van der Waals surface area (Å²) < 4.78 is 16.4. The van der Waals surface area contributed by atoms with Crippen LogP contribution in [0.4, 0.5) is 0 Å². The van der Waals surface area contributed by atoms with Crippen molar-refractivity contribution in [2.24, 2.45) is 0 Å². The summed E-state index contributed by atoms with van der Waals surface area (Å²) in [5.74, 6) is 0.303. The van der Waals surface area contributed by atoms with Gasteiger partial charge < -0.3 is 19.5 Å². The number of hydrogen-bond acceptors (Lipinski definition) is 5. The molecule has 1 heterocycles. The molecule has 1 amide bonds. The third-order valence-corrected chi connectivity index (χ3v) is 4.12. The largest absolute Gasteiger partial charge is 0.481 e. The number of rotatable bonds is 8. The predicted molar refractivity (Wildman–Crippen MR) is 99.2 cm³/mol. The molecule has 140 valence electrons. The van der Waals surface area contributed by atoms with E-state index in [0.717, 1.165) is 11.1 Å². The van der Waals surface area contributed by atoms with Gasteiger partial charge >= 0.3 is 0 Å². The van der Waals surface area contributed by atoms with Crippen LogP contribution in [0.3, 0.4) is 0 Å².